The van der Waals surface area contributed by atoms with E-state index in [1.807, 2.05) is 31.2 Å². The number of rotatable bonds is 2. The highest BCUT2D eigenvalue weighted by Crippen LogP contribution is 2.32. The Morgan fingerprint density at radius 2 is 2.00 bits per heavy atom. The van der Waals surface area contributed by atoms with Crippen molar-refractivity contribution in [2.45, 2.75) is 6.92 Å². The Bertz CT molecular complexity index is 464. The number of nitrogens with two attached hydrogens (primary N) is 1. The Hall–Kier alpha value is -1.10. The first-order chi connectivity index (χ1) is 7.20. The van der Waals surface area contributed by atoms with Crippen molar-refractivity contribution in [3.05, 3.63) is 35.0 Å². The van der Waals surface area contributed by atoms with Gasteiger partial charge in [-0.15, -0.1) is 0 Å². The third kappa shape index (κ3) is 2.12. The first kappa shape index (κ1) is 10.4. The van der Waals surface area contributed by atoms with Gasteiger partial charge in [0.05, 0.1) is 10.6 Å². The highest BCUT2D eigenvalue weighted by molar-refractivity contribution is 7.19. The van der Waals surface area contributed by atoms with E-state index in [0.29, 0.717) is 0 Å². The number of hydrogen-bond acceptors (Lipinski definition) is 4. The van der Waals surface area contributed by atoms with Crippen LogP contribution in [0.3, 0.4) is 0 Å². The van der Waals surface area contributed by atoms with Crippen molar-refractivity contribution in [3.8, 4) is 10.4 Å². The van der Waals surface area contributed by atoms with E-state index in [9.17, 15) is 0 Å². The molecule has 0 fully saturated rings. The summed E-state index contributed by atoms with van der Waals surface area (Å²) < 4.78 is 0. The summed E-state index contributed by atoms with van der Waals surface area (Å²) in [4.78, 5) is 5.39. The lowest BCUT2D eigenvalue weighted by molar-refractivity contribution is 1.22. The van der Waals surface area contributed by atoms with Crippen LogP contribution >= 0.6 is 22.9 Å². The fraction of sp³-hybridized carbons (Fsp3) is 0.100. The molecule has 5 heteroatoms. The molecule has 0 unspecified atom stereocenters. The molecule has 2 aromatic rings. The molecular weight excluding hydrogens is 230 g/mol. The van der Waals surface area contributed by atoms with Gasteiger partial charge in [-0.05, 0) is 24.6 Å². The average molecular weight is 240 g/mol. The molecule has 0 saturated carbocycles. The number of nitrogens with zero attached hydrogens (tertiary/aromatic N) is 1. The number of nitrogen functional groups attached to an aromatic ring is 1. The van der Waals surface area contributed by atoms with Gasteiger partial charge in [0.25, 0.3) is 0 Å². The standard InChI is InChI=1S/C10H10ClN3S/c1-6-9(15-10(13-6)14-12)7-2-4-8(11)5-3-7/h2-5H,12H2,1H3,(H,13,14). The zero-order valence-electron chi connectivity index (χ0n) is 8.12. The zero-order valence-corrected chi connectivity index (χ0v) is 9.69. The summed E-state index contributed by atoms with van der Waals surface area (Å²) in [6, 6.07) is 7.68. The maximum absolute atomic E-state index is 5.83. The van der Waals surface area contributed by atoms with Gasteiger partial charge in [-0.2, -0.15) is 0 Å². The number of halogens is 1. The normalized spacial score (nSPS) is 10.3. The van der Waals surface area contributed by atoms with E-state index in [0.717, 1.165) is 26.3 Å². The molecule has 0 radical (unpaired) electrons. The van der Waals surface area contributed by atoms with Gasteiger partial charge >= 0.3 is 0 Å². The minimum absolute atomic E-state index is 0.720. The molecule has 15 heavy (non-hydrogen) atoms. The second-order valence-electron chi connectivity index (χ2n) is 3.08. The summed E-state index contributed by atoms with van der Waals surface area (Å²) in [5.74, 6) is 5.31. The Labute approximate surface area is 96.9 Å². The monoisotopic (exact) mass is 239 g/mol. The number of aryl methyl sites for hydroxylation is 1. The van der Waals surface area contributed by atoms with Gasteiger partial charge in [0.1, 0.15) is 0 Å². The fourth-order valence-electron chi connectivity index (χ4n) is 1.33. The molecule has 0 aliphatic heterocycles. The van der Waals surface area contributed by atoms with Gasteiger partial charge in [0, 0.05) is 5.02 Å². The van der Waals surface area contributed by atoms with Crippen LogP contribution in [0.25, 0.3) is 10.4 Å². The van der Waals surface area contributed by atoms with Crippen LogP contribution in [0, 0.1) is 6.92 Å². The van der Waals surface area contributed by atoms with Gasteiger partial charge in [0.2, 0.25) is 0 Å². The molecule has 0 bridgehead atoms. The summed E-state index contributed by atoms with van der Waals surface area (Å²) in [5, 5.41) is 1.45. The molecule has 0 amide bonds. The second kappa shape index (κ2) is 4.18. The highest BCUT2D eigenvalue weighted by Gasteiger charge is 2.08. The molecule has 0 saturated heterocycles. The van der Waals surface area contributed by atoms with E-state index in [1.54, 1.807) is 0 Å². The van der Waals surface area contributed by atoms with Crippen LogP contribution in [0.4, 0.5) is 5.13 Å². The lowest BCUT2D eigenvalue weighted by Crippen LogP contribution is -2.05. The van der Waals surface area contributed by atoms with Crippen LogP contribution < -0.4 is 11.3 Å². The maximum Gasteiger partial charge on any atom is 0.197 e. The van der Waals surface area contributed by atoms with Crippen molar-refractivity contribution in [2.75, 3.05) is 5.43 Å². The lowest BCUT2D eigenvalue weighted by atomic mass is 10.2. The number of aromatic nitrogens is 1. The predicted molar refractivity (Wildman–Crippen MR) is 65.1 cm³/mol. The molecule has 1 heterocycles. The number of benzene rings is 1. The first-order valence-corrected chi connectivity index (χ1v) is 5.60. The molecule has 0 atom stereocenters. The highest BCUT2D eigenvalue weighted by atomic mass is 35.5. The van der Waals surface area contributed by atoms with Crippen LogP contribution in [0.5, 0.6) is 0 Å². The van der Waals surface area contributed by atoms with E-state index in [4.69, 9.17) is 17.4 Å². The molecule has 1 aromatic heterocycles. The first-order valence-electron chi connectivity index (χ1n) is 4.40. The summed E-state index contributed by atoms with van der Waals surface area (Å²) in [7, 11) is 0. The fourth-order valence-corrected chi connectivity index (χ4v) is 2.34. The van der Waals surface area contributed by atoms with Gasteiger partial charge in [-0.25, -0.2) is 10.8 Å². The molecule has 0 spiro atoms. The molecule has 0 aliphatic rings. The smallest absolute Gasteiger partial charge is 0.197 e. The van der Waals surface area contributed by atoms with Crippen molar-refractivity contribution < 1.29 is 0 Å². The van der Waals surface area contributed by atoms with Crippen molar-refractivity contribution in [2.24, 2.45) is 5.84 Å². The molecule has 2 rings (SSSR count). The third-order valence-electron chi connectivity index (χ3n) is 2.03. The largest absolute Gasteiger partial charge is 0.300 e. The summed E-state index contributed by atoms with van der Waals surface area (Å²) in [6.45, 7) is 1.96. The van der Waals surface area contributed by atoms with Crippen molar-refractivity contribution in [3.63, 3.8) is 0 Å². The predicted octanol–water partition coefficient (Wildman–Crippen LogP) is 3.06. The molecule has 78 valence electrons. The minimum Gasteiger partial charge on any atom is -0.300 e. The number of hydrogen-bond donors (Lipinski definition) is 2. The number of thiazole rings is 1. The van der Waals surface area contributed by atoms with Crippen molar-refractivity contribution in [1.82, 2.24) is 4.98 Å². The quantitative estimate of drug-likeness (QED) is 0.626. The van der Waals surface area contributed by atoms with Gasteiger partial charge in [-0.1, -0.05) is 35.1 Å². The van der Waals surface area contributed by atoms with Crippen LogP contribution in [-0.2, 0) is 0 Å². The lowest BCUT2D eigenvalue weighted by Gasteiger charge is -1.97. The third-order valence-corrected chi connectivity index (χ3v) is 3.42. The van der Waals surface area contributed by atoms with Gasteiger partial charge in [-0.3, -0.25) is 5.43 Å². The van der Waals surface area contributed by atoms with Crippen LogP contribution in [0.1, 0.15) is 5.69 Å². The molecule has 3 nitrogen and oxygen atoms in total. The SMILES string of the molecule is Cc1nc(NN)sc1-c1ccc(Cl)cc1. The van der Waals surface area contributed by atoms with Crippen molar-refractivity contribution >= 4 is 28.1 Å². The van der Waals surface area contributed by atoms with E-state index >= 15 is 0 Å². The minimum atomic E-state index is 0.720. The van der Waals surface area contributed by atoms with E-state index in [1.165, 1.54) is 11.3 Å². The van der Waals surface area contributed by atoms with E-state index in [2.05, 4.69) is 10.4 Å². The molecule has 3 N–H and O–H groups in total. The Morgan fingerprint density at radius 3 is 2.53 bits per heavy atom. The molecule has 1 aromatic carbocycles. The number of anilines is 1. The van der Waals surface area contributed by atoms with E-state index < -0.39 is 0 Å². The van der Waals surface area contributed by atoms with Crippen molar-refractivity contribution in [1.29, 1.82) is 0 Å². The average Bonchev–Trinajstić information content (AvgIpc) is 2.61. The Morgan fingerprint density at radius 1 is 1.33 bits per heavy atom. The number of nitrogens with one attached hydrogen (secondary N) is 1. The topological polar surface area (TPSA) is 50.9 Å². The maximum atomic E-state index is 5.83. The number of hydrazine groups is 1. The van der Waals surface area contributed by atoms with E-state index in [-0.39, 0.29) is 0 Å². The van der Waals surface area contributed by atoms with Gasteiger partial charge < -0.3 is 0 Å². The van der Waals surface area contributed by atoms with Crippen LogP contribution in [0.15, 0.2) is 24.3 Å². The summed E-state index contributed by atoms with van der Waals surface area (Å²) in [5.41, 5.74) is 4.63. The summed E-state index contributed by atoms with van der Waals surface area (Å²) in [6.07, 6.45) is 0. The van der Waals surface area contributed by atoms with Crippen LogP contribution in [0.2, 0.25) is 5.02 Å². The zero-order chi connectivity index (χ0) is 10.8. The summed E-state index contributed by atoms with van der Waals surface area (Å²) >= 11 is 7.35. The van der Waals surface area contributed by atoms with Crippen LogP contribution in [-0.4, -0.2) is 4.98 Å². The molecular formula is C10H10ClN3S. The molecule has 0 aliphatic carbocycles. The Balaban J connectivity index is 2.44. The van der Waals surface area contributed by atoms with Gasteiger partial charge in [0.15, 0.2) is 5.13 Å². The second-order valence-corrected chi connectivity index (χ2v) is 4.52. The Kier molecular flexibility index (Phi) is 2.90.